The maximum Gasteiger partial charge on any atom is 0.327 e. The third-order valence-corrected chi connectivity index (χ3v) is 4.21. The Hall–Kier alpha value is -0.620. The second-order valence-corrected chi connectivity index (χ2v) is 5.58. The van der Waals surface area contributed by atoms with Crippen molar-refractivity contribution in [2.75, 3.05) is 25.2 Å². The molecule has 6 heteroatoms. The Morgan fingerprint density at radius 3 is 2.57 bits per heavy atom. The van der Waals surface area contributed by atoms with Crippen LogP contribution in [0.3, 0.4) is 0 Å². The molecule has 1 N–H and O–H groups in total. The first-order chi connectivity index (χ1) is 6.46. The average molecular weight is 221 g/mol. The molecule has 0 aromatic rings. The van der Waals surface area contributed by atoms with Crippen LogP contribution in [0.25, 0.3) is 0 Å². The van der Waals surface area contributed by atoms with Crippen LogP contribution in [0.5, 0.6) is 0 Å². The van der Waals surface area contributed by atoms with Gasteiger partial charge in [0, 0.05) is 0 Å². The van der Waals surface area contributed by atoms with Gasteiger partial charge in [-0.15, -0.1) is 0 Å². The Labute approximate surface area is 83.7 Å². The maximum atomic E-state index is 11.5. The Bertz CT molecular complexity index is 324. The lowest BCUT2D eigenvalue weighted by atomic mass is 10.00. The van der Waals surface area contributed by atoms with E-state index >= 15 is 0 Å². The maximum absolute atomic E-state index is 11.5. The summed E-state index contributed by atoms with van der Waals surface area (Å²) in [6.07, 6.45) is 0.296. The Morgan fingerprint density at radius 2 is 2.21 bits per heavy atom. The lowest BCUT2D eigenvalue weighted by molar-refractivity contribution is -0.149. The first-order valence-electron chi connectivity index (χ1n) is 4.52. The molecule has 1 aliphatic heterocycles. The molecule has 82 valence electrons. The molecule has 1 unspecified atom stereocenters. The molecule has 5 nitrogen and oxygen atoms in total. The van der Waals surface area contributed by atoms with E-state index in [0.29, 0.717) is 6.42 Å². The molecule has 0 aliphatic carbocycles. The predicted molar refractivity (Wildman–Crippen MR) is 51.7 cm³/mol. The molecule has 0 aromatic carbocycles. The second-order valence-electron chi connectivity index (χ2n) is 3.39. The second kappa shape index (κ2) is 3.86. The van der Waals surface area contributed by atoms with Crippen LogP contribution in [-0.4, -0.2) is 45.1 Å². The lowest BCUT2D eigenvalue weighted by Crippen LogP contribution is -2.52. The zero-order valence-corrected chi connectivity index (χ0v) is 9.19. The van der Waals surface area contributed by atoms with E-state index in [1.165, 1.54) is 0 Å². The summed E-state index contributed by atoms with van der Waals surface area (Å²) >= 11 is 0. The molecule has 0 aromatic heterocycles. The molecule has 0 bridgehead atoms. The first-order valence-corrected chi connectivity index (χ1v) is 6.34. The van der Waals surface area contributed by atoms with Crippen LogP contribution in [0.1, 0.15) is 13.3 Å². The fourth-order valence-electron chi connectivity index (χ4n) is 1.58. The van der Waals surface area contributed by atoms with Gasteiger partial charge in [-0.2, -0.15) is 0 Å². The van der Waals surface area contributed by atoms with Crippen molar-refractivity contribution in [3.8, 4) is 0 Å². The lowest BCUT2D eigenvalue weighted by Gasteiger charge is -2.24. The zero-order chi connectivity index (χ0) is 10.8. The zero-order valence-electron chi connectivity index (χ0n) is 8.37. The number of ether oxygens (including phenoxy) is 1. The van der Waals surface area contributed by atoms with Crippen LogP contribution in [-0.2, 0) is 19.4 Å². The minimum Gasteiger partial charge on any atom is -0.465 e. The molecule has 0 radical (unpaired) electrons. The normalized spacial score (nSPS) is 30.1. The molecule has 14 heavy (non-hydrogen) atoms. The Morgan fingerprint density at radius 1 is 1.57 bits per heavy atom. The molecule has 0 amide bonds. The highest BCUT2D eigenvalue weighted by Crippen LogP contribution is 2.24. The number of carbonyl (C=O) groups excluding carboxylic acids is 1. The number of hydrogen-bond donors (Lipinski definition) is 1. The van der Waals surface area contributed by atoms with E-state index in [9.17, 15) is 13.2 Å². The van der Waals surface area contributed by atoms with E-state index < -0.39 is 21.3 Å². The van der Waals surface area contributed by atoms with Crippen LogP contribution in [0.15, 0.2) is 0 Å². The molecule has 1 aliphatic rings. The quantitative estimate of drug-likeness (QED) is 0.640. The number of carbonyl (C=O) groups is 1. The molecular weight excluding hydrogens is 206 g/mol. The van der Waals surface area contributed by atoms with Crippen molar-refractivity contribution in [1.29, 1.82) is 0 Å². The van der Waals surface area contributed by atoms with E-state index in [4.69, 9.17) is 4.74 Å². The molecule has 1 fully saturated rings. The Kier molecular flexibility index (Phi) is 3.16. The number of sulfone groups is 1. The first kappa shape index (κ1) is 11.5. The van der Waals surface area contributed by atoms with Crippen molar-refractivity contribution in [2.24, 2.45) is 0 Å². The summed E-state index contributed by atoms with van der Waals surface area (Å²) in [5, 5.41) is 2.76. The predicted octanol–water partition coefficient (Wildman–Crippen LogP) is -0.674. The minimum atomic E-state index is -3.09. The van der Waals surface area contributed by atoms with Crippen LogP contribution >= 0.6 is 0 Å². The fraction of sp³-hybridized carbons (Fsp3) is 0.875. The fourth-order valence-corrected chi connectivity index (χ4v) is 3.54. The van der Waals surface area contributed by atoms with Crippen molar-refractivity contribution < 1.29 is 17.9 Å². The van der Waals surface area contributed by atoms with Crippen molar-refractivity contribution >= 4 is 15.8 Å². The van der Waals surface area contributed by atoms with Gasteiger partial charge in [0.25, 0.3) is 0 Å². The molecule has 0 saturated carbocycles. The summed E-state index contributed by atoms with van der Waals surface area (Å²) in [6.45, 7) is 1.97. The van der Waals surface area contributed by atoms with Crippen molar-refractivity contribution in [1.82, 2.24) is 5.32 Å². The average Bonchev–Trinajstić information content (AvgIpc) is 2.43. The SMILES string of the molecule is CCOC(=O)C1(NC)CCS(=O)(=O)C1. The van der Waals surface area contributed by atoms with Gasteiger partial charge in [0.05, 0.1) is 18.1 Å². The van der Waals surface area contributed by atoms with E-state index in [1.54, 1.807) is 14.0 Å². The minimum absolute atomic E-state index is 0.0483. The molecule has 1 saturated heterocycles. The van der Waals surface area contributed by atoms with E-state index in [1.807, 2.05) is 0 Å². The highest BCUT2D eigenvalue weighted by molar-refractivity contribution is 7.91. The van der Waals surface area contributed by atoms with Crippen LogP contribution in [0, 0.1) is 0 Å². The molecule has 0 spiro atoms. The number of likely N-dealkylation sites (N-methyl/N-ethyl adjacent to an activating group) is 1. The largest absolute Gasteiger partial charge is 0.465 e. The van der Waals surface area contributed by atoms with Gasteiger partial charge in [-0.3, -0.25) is 4.79 Å². The molecular formula is C8H15NO4S. The standard InChI is InChI=1S/C8H15NO4S/c1-3-13-7(10)8(9-2)4-5-14(11,12)6-8/h9H,3-6H2,1-2H3. The third kappa shape index (κ3) is 2.06. The highest BCUT2D eigenvalue weighted by atomic mass is 32.2. The molecule has 1 heterocycles. The highest BCUT2D eigenvalue weighted by Gasteiger charge is 2.48. The summed E-state index contributed by atoms with van der Waals surface area (Å²) in [5.74, 6) is -0.578. The number of esters is 1. The van der Waals surface area contributed by atoms with Crippen LogP contribution in [0.2, 0.25) is 0 Å². The van der Waals surface area contributed by atoms with Gasteiger partial charge < -0.3 is 10.1 Å². The van der Waals surface area contributed by atoms with Gasteiger partial charge in [0.2, 0.25) is 0 Å². The van der Waals surface area contributed by atoms with E-state index in [0.717, 1.165) is 0 Å². The van der Waals surface area contributed by atoms with Gasteiger partial charge in [0.1, 0.15) is 5.54 Å². The van der Waals surface area contributed by atoms with E-state index in [2.05, 4.69) is 5.32 Å². The summed E-state index contributed by atoms with van der Waals surface area (Å²) in [7, 11) is -1.51. The van der Waals surface area contributed by atoms with Gasteiger partial charge in [0.15, 0.2) is 9.84 Å². The smallest absolute Gasteiger partial charge is 0.327 e. The number of hydrogen-bond acceptors (Lipinski definition) is 5. The van der Waals surface area contributed by atoms with Gasteiger partial charge in [-0.05, 0) is 20.4 Å². The summed E-state index contributed by atoms with van der Waals surface area (Å²) in [5.41, 5.74) is -1.02. The number of rotatable bonds is 3. The van der Waals surface area contributed by atoms with Crippen molar-refractivity contribution in [3.05, 3.63) is 0 Å². The van der Waals surface area contributed by atoms with Gasteiger partial charge >= 0.3 is 5.97 Å². The topological polar surface area (TPSA) is 72.5 Å². The third-order valence-electron chi connectivity index (χ3n) is 2.45. The monoisotopic (exact) mass is 221 g/mol. The number of nitrogens with one attached hydrogen (secondary N) is 1. The molecule has 1 rings (SSSR count). The van der Waals surface area contributed by atoms with Crippen molar-refractivity contribution in [2.45, 2.75) is 18.9 Å². The van der Waals surface area contributed by atoms with Crippen LogP contribution < -0.4 is 5.32 Å². The summed E-state index contributed by atoms with van der Waals surface area (Å²) in [4.78, 5) is 11.5. The summed E-state index contributed by atoms with van der Waals surface area (Å²) < 4.78 is 27.4. The van der Waals surface area contributed by atoms with Crippen LogP contribution in [0.4, 0.5) is 0 Å². The van der Waals surface area contributed by atoms with Gasteiger partial charge in [-0.25, -0.2) is 8.42 Å². The van der Waals surface area contributed by atoms with Crippen molar-refractivity contribution in [3.63, 3.8) is 0 Å². The van der Waals surface area contributed by atoms with Gasteiger partial charge in [-0.1, -0.05) is 0 Å². The Balaban J connectivity index is 2.85. The summed E-state index contributed by atoms with van der Waals surface area (Å²) in [6, 6.07) is 0. The molecule has 1 atom stereocenters. The van der Waals surface area contributed by atoms with E-state index in [-0.39, 0.29) is 18.1 Å².